The maximum Gasteiger partial charge on any atom is 0.257 e. The largest absolute Gasteiger partial charge is 0.335 e. The van der Waals surface area contributed by atoms with Crippen molar-refractivity contribution in [1.29, 1.82) is 0 Å². The zero-order chi connectivity index (χ0) is 17.0. The van der Waals surface area contributed by atoms with Gasteiger partial charge in [-0.3, -0.25) is 9.59 Å². The van der Waals surface area contributed by atoms with E-state index >= 15 is 0 Å². The molecule has 2 heterocycles. The smallest absolute Gasteiger partial charge is 0.257 e. The molecule has 2 amide bonds. The van der Waals surface area contributed by atoms with Crippen molar-refractivity contribution in [1.82, 2.24) is 4.90 Å². The Hall–Kier alpha value is -1.36. The molecule has 2 unspecified atom stereocenters. The molecule has 5 heteroatoms. The lowest BCUT2D eigenvalue weighted by atomic mass is 9.89. The lowest BCUT2D eigenvalue weighted by Crippen LogP contribution is -2.32. The van der Waals surface area contributed by atoms with Crippen LogP contribution in [0, 0.1) is 11.8 Å². The van der Waals surface area contributed by atoms with E-state index in [2.05, 4.69) is 10.2 Å². The van der Waals surface area contributed by atoms with Gasteiger partial charge in [-0.15, -0.1) is 11.3 Å². The predicted octanol–water partition coefficient (Wildman–Crippen LogP) is 3.99. The molecule has 2 atom stereocenters. The van der Waals surface area contributed by atoms with Gasteiger partial charge in [-0.25, -0.2) is 0 Å². The molecule has 4 nitrogen and oxygen atoms in total. The molecule has 3 aliphatic carbocycles. The van der Waals surface area contributed by atoms with E-state index in [0.717, 1.165) is 74.4 Å². The number of rotatable bonds is 3. The number of carbonyl (C=O) groups is 2. The summed E-state index contributed by atoms with van der Waals surface area (Å²) >= 11 is 1.66. The third-order valence-corrected chi connectivity index (χ3v) is 7.84. The molecule has 2 saturated carbocycles. The van der Waals surface area contributed by atoms with Crippen LogP contribution in [-0.2, 0) is 17.6 Å². The number of anilines is 1. The number of aryl methyl sites for hydroxylation is 1. The number of fused-ring (bicyclic) bond motifs is 2. The first-order chi connectivity index (χ1) is 12.2. The van der Waals surface area contributed by atoms with Gasteiger partial charge in [0.1, 0.15) is 5.00 Å². The van der Waals surface area contributed by atoms with Crippen molar-refractivity contribution in [2.45, 2.75) is 70.3 Å². The first-order valence-corrected chi connectivity index (χ1v) is 10.8. The van der Waals surface area contributed by atoms with Gasteiger partial charge in [0.15, 0.2) is 0 Å². The summed E-state index contributed by atoms with van der Waals surface area (Å²) in [6.45, 7) is 0.898. The van der Waals surface area contributed by atoms with Crippen molar-refractivity contribution in [2.24, 2.45) is 11.8 Å². The van der Waals surface area contributed by atoms with Crippen molar-refractivity contribution in [3.8, 4) is 0 Å². The van der Waals surface area contributed by atoms with Crippen LogP contribution in [0.15, 0.2) is 0 Å². The summed E-state index contributed by atoms with van der Waals surface area (Å²) in [4.78, 5) is 29.4. The molecule has 1 aromatic heterocycles. The molecular formula is C20H26N2O2S. The van der Waals surface area contributed by atoms with Gasteiger partial charge in [0.05, 0.1) is 5.56 Å². The van der Waals surface area contributed by atoms with Crippen LogP contribution in [0.3, 0.4) is 0 Å². The lowest BCUT2D eigenvalue weighted by molar-refractivity contribution is -0.120. The molecule has 0 radical (unpaired) electrons. The second-order valence-electron chi connectivity index (χ2n) is 8.24. The van der Waals surface area contributed by atoms with E-state index in [1.54, 1.807) is 11.3 Å². The summed E-state index contributed by atoms with van der Waals surface area (Å²) < 4.78 is 0. The van der Waals surface area contributed by atoms with Gasteiger partial charge in [-0.05, 0) is 56.4 Å². The number of carbonyl (C=O) groups excluding carboxylic acids is 2. The molecule has 1 N–H and O–H groups in total. The zero-order valence-corrected chi connectivity index (χ0v) is 15.5. The maximum atomic E-state index is 13.3. The van der Waals surface area contributed by atoms with Crippen molar-refractivity contribution >= 4 is 28.2 Å². The summed E-state index contributed by atoms with van der Waals surface area (Å²) in [6.07, 6.45) is 11.1. The average Bonchev–Trinajstić information content (AvgIpc) is 2.97. The van der Waals surface area contributed by atoms with Crippen molar-refractivity contribution in [3.05, 3.63) is 16.0 Å². The van der Waals surface area contributed by atoms with Gasteiger partial charge in [0, 0.05) is 23.4 Å². The standard InChI is InChI=1S/C20H26N2O2S/c23-18(12-5-2-1-3-6-12)21-19-17(14-7-4-8-16(14)25-19)20(24)22-10-9-13-11-15(13)22/h12-13,15H,1-11H2,(H,21,23). The van der Waals surface area contributed by atoms with E-state index in [1.165, 1.54) is 23.3 Å². The van der Waals surface area contributed by atoms with Gasteiger partial charge in [-0.1, -0.05) is 19.3 Å². The van der Waals surface area contributed by atoms with Crippen LogP contribution in [0.1, 0.15) is 72.2 Å². The normalized spacial score (nSPS) is 27.9. The Morgan fingerprint density at radius 2 is 1.88 bits per heavy atom. The minimum absolute atomic E-state index is 0.133. The van der Waals surface area contributed by atoms with Crippen LogP contribution in [0.2, 0.25) is 0 Å². The third kappa shape index (κ3) is 2.71. The number of nitrogens with zero attached hydrogens (tertiary/aromatic N) is 1. The number of hydrogen-bond donors (Lipinski definition) is 1. The first-order valence-electron chi connectivity index (χ1n) is 9.98. The maximum absolute atomic E-state index is 13.3. The Morgan fingerprint density at radius 3 is 2.60 bits per heavy atom. The number of likely N-dealkylation sites (tertiary alicyclic amines) is 1. The predicted molar refractivity (Wildman–Crippen MR) is 99.1 cm³/mol. The SMILES string of the molecule is O=C(Nc1sc2c(c1C(=O)N1CCC3CC31)CCC2)C1CCCCC1. The monoisotopic (exact) mass is 358 g/mol. The van der Waals surface area contributed by atoms with Gasteiger partial charge in [0.2, 0.25) is 5.91 Å². The third-order valence-electron chi connectivity index (χ3n) is 6.64. The van der Waals surface area contributed by atoms with Gasteiger partial charge < -0.3 is 10.2 Å². The van der Waals surface area contributed by atoms with Crippen LogP contribution in [0.5, 0.6) is 0 Å². The van der Waals surface area contributed by atoms with E-state index in [-0.39, 0.29) is 17.7 Å². The molecule has 134 valence electrons. The molecule has 0 spiro atoms. The van der Waals surface area contributed by atoms with Gasteiger partial charge >= 0.3 is 0 Å². The number of amides is 2. The second-order valence-corrected chi connectivity index (χ2v) is 9.34. The average molecular weight is 359 g/mol. The molecule has 4 aliphatic rings. The fourth-order valence-corrected chi connectivity index (χ4v) is 6.37. The molecule has 1 aromatic rings. The Kier molecular flexibility index (Phi) is 3.88. The van der Waals surface area contributed by atoms with E-state index in [4.69, 9.17) is 0 Å². The Morgan fingerprint density at radius 1 is 1.04 bits per heavy atom. The summed E-state index contributed by atoms with van der Waals surface area (Å²) in [5.41, 5.74) is 2.08. The Balaban J connectivity index is 1.41. The minimum Gasteiger partial charge on any atom is -0.335 e. The Labute approximate surface area is 153 Å². The van der Waals surface area contributed by atoms with Crippen LogP contribution < -0.4 is 5.32 Å². The summed E-state index contributed by atoms with van der Waals surface area (Å²) in [7, 11) is 0. The van der Waals surface area contributed by atoms with E-state index in [0.29, 0.717) is 6.04 Å². The fourth-order valence-electron chi connectivity index (χ4n) is 5.09. The summed E-state index contributed by atoms with van der Waals surface area (Å²) in [5, 5.41) is 4.02. The van der Waals surface area contributed by atoms with E-state index in [1.807, 2.05) is 0 Å². The van der Waals surface area contributed by atoms with Crippen LogP contribution in [0.25, 0.3) is 0 Å². The Bertz CT molecular complexity index is 720. The highest BCUT2D eigenvalue weighted by atomic mass is 32.1. The molecule has 5 rings (SSSR count). The second kappa shape index (κ2) is 6.11. The van der Waals surface area contributed by atoms with Crippen LogP contribution in [-0.4, -0.2) is 29.3 Å². The van der Waals surface area contributed by atoms with E-state index in [9.17, 15) is 9.59 Å². The van der Waals surface area contributed by atoms with Crippen molar-refractivity contribution < 1.29 is 9.59 Å². The van der Waals surface area contributed by atoms with Crippen LogP contribution in [0.4, 0.5) is 5.00 Å². The minimum atomic E-state index is 0.133. The molecular weight excluding hydrogens is 332 g/mol. The topological polar surface area (TPSA) is 49.4 Å². The molecule has 25 heavy (non-hydrogen) atoms. The van der Waals surface area contributed by atoms with Crippen molar-refractivity contribution in [2.75, 3.05) is 11.9 Å². The van der Waals surface area contributed by atoms with E-state index < -0.39 is 0 Å². The summed E-state index contributed by atoms with van der Waals surface area (Å²) in [5.74, 6) is 1.20. The number of nitrogens with one attached hydrogen (secondary N) is 1. The zero-order valence-electron chi connectivity index (χ0n) is 14.7. The first kappa shape index (κ1) is 15.9. The summed E-state index contributed by atoms with van der Waals surface area (Å²) in [6, 6.07) is 0.478. The van der Waals surface area contributed by atoms with Gasteiger partial charge in [-0.2, -0.15) is 0 Å². The highest BCUT2D eigenvalue weighted by Gasteiger charge is 2.49. The van der Waals surface area contributed by atoms with Crippen molar-refractivity contribution in [3.63, 3.8) is 0 Å². The number of thiophene rings is 1. The quantitative estimate of drug-likeness (QED) is 0.888. The fraction of sp³-hybridized carbons (Fsp3) is 0.700. The van der Waals surface area contributed by atoms with Crippen LogP contribution >= 0.6 is 11.3 Å². The molecule has 3 fully saturated rings. The molecule has 1 saturated heterocycles. The number of piperidine rings is 1. The molecule has 0 bridgehead atoms. The highest BCUT2D eigenvalue weighted by molar-refractivity contribution is 7.17. The lowest BCUT2D eigenvalue weighted by Gasteiger charge is -2.22. The number of hydrogen-bond acceptors (Lipinski definition) is 3. The molecule has 1 aliphatic heterocycles. The molecule has 0 aromatic carbocycles. The highest BCUT2D eigenvalue weighted by Crippen LogP contribution is 2.47. The van der Waals surface area contributed by atoms with Gasteiger partial charge in [0.25, 0.3) is 5.91 Å².